The van der Waals surface area contributed by atoms with Crippen LogP contribution in [0.2, 0.25) is 0 Å². The van der Waals surface area contributed by atoms with Gasteiger partial charge in [0.2, 0.25) is 5.91 Å². The fourth-order valence-electron chi connectivity index (χ4n) is 6.25. The summed E-state index contributed by atoms with van der Waals surface area (Å²) in [4.78, 5) is 38.8. The maximum Gasteiger partial charge on any atom is 0.407 e. The number of carboxylic acid groups (broad SMARTS) is 1. The van der Waals surface area contributed by atoms with Crippen molar-refractivity contribution < 1.29 is 24.2 Å². The molecule has 35 heavy (non-hydrogen) atoms. The van der Waals surface area contributed by atoms with Gasteiger partial charge in [-0.3, -0.25) is 9.59 Å². The van der Waals surface area contributed by atoms with Crippen molar-refractivity contribution in [2.24, 2.45) is 5.92 Å². The number of aliphatic carboxylic acids is 1. The van der Waals surface area contributed by atoms with E-state index in [4.69, 9.17) is 4.74 Å². The number of alkyl carbamates (subject to hydrolysis) is 1. The monoisotopic (exact) mass is 476 g/mol. The van der Waals surface area contributed by atoms with E-state index >= 15 is 0 Å². The summed E-state index contributed by atoms with van der Waals surface area (Å²) in [5.41, 5.74) is 4.70. The van der Waals surface area contributed by atoms with Crippen LogP contribution in [0, 0.1) is 5.92 Å². The first-order valence-corrected chi connectivity index (χ1v) is 12.6. The third-order valence-corrected chi connectivity index (χ3v) is 8.01. The molecule has 7 heteroatoms. The molecule has 7 nitrogen and oxygen atoms in total. The summed E-state index contributed by atoms with van der Waals surface area (Å²) < 4.78 is 5.65. The fourth-order valence-corrected chi connectivity index (χ4v) is 6.25. The summed E-state index contributed by atoms with van der Waals surface area (Å²) in [7, 11) is 0. The van der Waals surface area contributed by atoms with E-state index in [1.54, 1.807) is 4.90 Å². The summed E-state index contributed by atoms with van der Waals surface area (Å²) in [6.07, 6.45) is 3.22. The minimum Gasteiger partial charge on any atom is -0.481 e. The molecule has 0 aromatic heterocycles. The zero-order valence-corrected chi connectivity index (χ0v) is 20.0. The number of nitrogens with one attached hydrogen (secondary N) is 1. The number of carbonyl (C=O) groups is 3. The zero-order valence-electron chi connectivity index (χ0n) is 20.0. The molecule has 3 aliphatic rings. The number of rotatable bonds is 8. The van der Waals surface area contributed by atoms with Gasteiger partial charge in [0, 0.05) is 30.5 Å². The highest BCUT2D eigenvalue weighted by Crippen LogP contribution is 2.44. The highest BCUT2D eigenvalue weighted by molar-refractivity contribution is 5.81. The van der Waals surface area contributed by atoms with E-state index in [-0.39, 0.29) is 36.6 Å². The molecule has 4 atom stereocenters. The van der Waals surface area contributed by atoms with Crippen molar-refractivity contribution in [1.82, 2.24) is 10.2 Å². The van der Waals surface area contributed by atoms with Crippen molar-refractivity contribution in [3.8, 4) is 11.1 Å². The predicted octanol–water partition coefficient (Wildman–Crippen LogP) is 4.55. The van der Waals surface area contributed by atoms with Crippen molar-refractivity contribution in [3.05, 3.63) is 59.7 Å². The van der Waals surface area contributed by atoms with Crippen LogP contribution in [0.5, 0.6) is 0 Å². The third kappa shape index (κ3) is 4.40. The Bertz CT molecular complexity index is 1090. The van der Waals surface area contributed by atoms with E-state index in [9.17, 15) is 19.5 Å². The number of carboxylic acids is 1. The minimum atomic E-state index is -0.807. The van der Waals surface area contributed by atoms with E-state index in [1.807, 2.05) is 31.2 Å². The van der Waals surface area contributed by atoms with Gasteiger partial charge in [-0.25, -0.2) is 4.79 Å². The summed E-state index contributed by atoms with van der Waals surface area (Å²) in [5, 5.41) is 12.4. The summed E-state index contributed by atoms with van der Waals surface area (Å²) in [5.74, 6) is -1.26. The van der Waals surface area contributed by atoms with Crippen LogP contribution in [0.25, 0.3) is 11.1 Å². The fraction of sp³-hybridized carbons (Fsp3) is 0.464. The van der Waals surface area contributed by atoms with Crippen LogP contribution in [0.1, 0.15) is 62.5 Å². The second-order valence-corrected chi connectivity index (χ2v) is 9.89. The van der Waals surface area contributed by atoms with E-state index in [1.165, 1.54) is 22.3 Å². The van der Waals surface area contributed by atoms with Crippen LogP contribution < -0.4 is 5.32 Å². The van der Waals surface area contributed by atoms with E-state index < -0.39 is 18.0 Å². The van der Waals surface area contributed by atoms with Gasteiger partial charge in [0.25, 0.3) is 0 Å². The van der Waals surface area contributed by atoms with Crippen molar-refractivity contribution in [2.45, 2.75) is 69.5 Å². The number of nitrogens with zero attached hydrogens (tertiary/aromatic N) is 1. The molecule has 2 fully saturated rings. The van der Waals surface area contributed by atoms with Crippen LogP contribution >= 0.6 is 0 Å². The summed E-state index contributed by atoms with van der Waals surface area (Å²) in [6.45, 7) is 2.22. The molecule has 2 heterocycles. The number of amides is 2. The van der Waals surface area contributed by atoms with Gasteiger partial charge in [0.15, 0.2) is 0 Å². The number of fused-ring (bicyclic) bond motifs is 5. The normalized spacial score (nSPS) is 23.0. The molecule has 2 N–H and O–H groups in total. The lowest BCUT2D eigenvalue weighted by molar-refractivity contribution is -0.143. The van der Waals surface area contributed by atoms with Gasteiger partial charge in [-0.15, -0.1) is 0 Å². The van der Waals surface area contributed by atoms with Crippen molar-refractivity contribution in [2.75, 3.05) is 6.61 Å². The molecule has 0 spiro atoms. The average molecular weight is 477 g/mol. The van der Waals surface area contributed by atoms with Crippen molar-refractivity contribution >= 4 is 18.0 Å². The molecule has 1 aliphatic carbocycles. The maximum absolute atomic E-state index is 12.9. The molecule has 184 valence electrons. The Morgan fingerprint density at radius 3 is 2.31 bits per heavy atom. The second-order valence-electron chi connectivity index (χ2n) is 9.89. The van der Waals surface area contributed by atoms with Gasteiger partial charge >= 0.3 is 12.1 Å². The first-order chi connectivity index (χ1) is 17.0. The lowest BCUT2D eigenvalue weighted by Crippen LogP contribution is -2.40. The molecule has 2 aromatic rings. The Kier molecular flexibility index (Phi) is 6.50. The topological polar surface area (TPSA) is 95.9 Å². The minimum absolute atomic E-state index is 0.00243. The van der Waals surface area contributed by atoms with Crippen LogP contribution in [0.4, 0.5) is 4.79 Å². The van der Waals surface area contributed by atoms with Crippen LogP contribution in [0.15, 0.2) is 48.5 Å². The van der Waals surface area contributed by atoms with Gasteiger partial charge in [0.05, 0.1) is 5.92 Å². The molecule has 2 bridgehead atoms. The van der Waals surface area contributed by atoms with E-state index in [2.05, 4.69) is 29.6 Å². The number of benzene rings is 2. The van der Waals surface area contributed by atoms with Crippen LogP contribution in [-0.2, 0) is 14.3 Å². The van der Waals surface area contributed by atoms with Crippen LogP contribution in [-0.4, -0.2) is 52.7 Å². The molecule has 2 saturated heterocycles. The van der Waals surface area contributed by atoms with Crippen LogP contribution in [0.3, 0.4) is 0 Å². The third-order valence-electron chi connectivity index (χ3n) is 8.01. The first-order valence-electron chi connectivity index (χ1n) is 12.6. The molecular weight excluding hydrogens is 444 g/mol. The SMILES string of the molecule is CCC(CCC(=O)N1C2CCC1C(C(=O)O)C2)NC(=O)OCC1c2ccccc2-c2ccccc21. The zero-order chi connectivity index (χ0) is 24.5. The first kappa shape index (κ1) is 23.4. The Morgan fingerprint density at radius 2 is 1.71 bits per heavy atom. The molecule has 5 rings (SSSR count). The predicted molar refractivity (Wildman–Crippen MR) is 131 cm³/mol. The highest BCUT2D eigenvalue weighted by Gasteiger charge is 2.51. The van der Waals surface area contributed by atoms with Gasteiger partial charge in [-0.05, 0) is 54.4 Å². The Hall–Kier alpha value is -3.35. The quantitative estimate of drug-likeness (QED) is 0.583. The molecule has 0 radical (unpaired) electrons. The molecule has 2 aliphatic heterocycles. The van der Waals surface area contributed by atoms with Gasteiger partial charge in [-0.1, -0.05) is 55.5 Å². The Balaban J connectivity index is 1.14. The van der Waals surface area contributed by atoms with Gasteiger partial charge < -0.3 is 20.1 Å². The molecule has 2 aromatic carbocycles. The Morgan fingerprint density at radius 1 is 1.06 bits per heavy atom. The van der Waals surface area contributed by atoms with Gasteiger partial charge in [0.1, 0.15) is 6.61 Å². The number of ether oxygens (including phenoxy) is 1. The molecule has 0 saturated carbocycles. The molecule has 2 amide bonds. The largest absolute Gasteiger partial charge is 0.481 e. The smallest absolute Gasteiger partial charge is 0.407 e. The van der Waals surface area contributed by atoms with E-state index in [0.29, 0.717) is 25.7 Å². The molecular formula is C28H32N2O5. The second kappa shape index (κ2) is 9.72. The highest BCUT2D eigenvalue weighted by atomic mass is 16.5. The molecule has 4 unspecified atom stereocenters. The van der Waals surface area contributed by atoms with E-state index in [0.717, 1.165) is 12.8 Å². The number of hydrogen-bond acceptors (Lipinski definition) is 4. The number of carbonyl (C=O) groups excluding carboxylic acids is 2. The van der Waals surface area contributed by atoms with Crippen molar-refractivity contribution in [1.29, 1.82) is 0 Å². The summed E-state index contributed by atoms with van der Waals surface area (Å²) in [6, 6.07) is 16.1. The lowest BCUT2D eigenvalue weighted by Gasteiger charge is -2.24. The average Bonchev–Trinajstić information content (AvgIpc) is 3.55. The van der Waals surface area contributed by atoms with Crippen molar-refractivity contribution in [3.63, 3.8) is 0 Å². The van der Waals surface area contributed by atoms with Gasteiger partial charge in [-0.2, -0.15) is 0 Å². The summed E-state index contributed by atoms with van der Waals surface area (Å²) >= 11 is 0. The Labute approximate surface area is 205 Å². The number of hydrogen-bond donors (Lipinski definition) is 2. The standard InChI is InChI=1S/C28H32N2O5/c1-2-17(11-14-26(31)30-18-12-13-25(30)23(15-18)27(32)33)29-28(34)35-16-24-21-9-5-3-7-19(21)20-8-4-6-10-22(20)24/h3-10,17-18,23-25H,2,11-16H2,1H3,(H,29,34)(H,32,33). The lowest BCUT2D eigenvalue weighted by atomic mass is 9.89. The maximum atomic E-state index is 12.9.